The maximum Gasteiger partial charge on any atom is 0.227 e. The normalized spacial score (nSPS) is 11.4. The first kappa shape index (κ1) is 15.7. The van der Waals surface area contributed by atoms with Crippen LogP contribution in [0.1, 0.15) is 39.7 Å². The number of rotatable bonds is 5. The minimum absolute atomic E-state index is 0.0572. The number of amides is 1. The van der Waals surface area contributed by atoms with Crippen molar-refractivity contribution in [2.45, 2.75) is 46.1 Å². The van der Waals surface area contributed by atoms with Gasteiger partial charge in [0, 0.05) is 31.2 Å². The first-order chi connectivity index (χ1) is 8.83. The van der Waals surface area contributed by atoms with Crippen molar-refractivity contribution in [1.82, 2.24) is 5.32 Å². The number of carbonyl (C=O) groups excluding carboxylic acids is 1. The SMILES string of the molecule is CCc1ccc(N(C)C(=O)CCNC(C)(C)C)cc1. The van der Waals surface area contributed by atoms with Crippen LogP contribution in [0.25, 0.3) is 0 Å². The molecule has 0 aliphatic carbocycles. The van der Waals surface area contributed by atoms with Crippen molar-refractivity contribution >= 4 is 11.6 Å². The Kier molecular flexibility index (Phi) is 5.55. The van der Waals surface area contributed by atoms with Gasteiger partial charge in [0.15, 0.2) is 0 Å². The van der Waals surface area contributed by atoms with Gasteiger partial charge in [0.1, 0.15) is 0 Å². The summed E-state index contributed by atoms with van der Waals surface area (Å²) in [5.74, 6) is 0.140. The lowest BCUT2D eigenvalue weighted by atomic mass is 10.1. The molecule has 0 aliphatic rings. The van der Waals surface area contributed by atoms with Crippen LogP contribution in [0.4, 0.5) is 5.69 Å². The highest BCUT2D eigenvalue weighted by Crippen LogP contribution is 2.15. The molecule has 106 valence electrons. The average Bonchev–Trinajstić information content (AvgIpc) is 2.36. The van der Waals surface area contributed by atoms with E-state index in [2.05, 4.69) is 45.1 Å². The molecule has 0 atom stereocenters. The van der Waals surface area contributed by atoms with E-state index in [0.29, 0.717) is 13.0 Å². The van der Waals surface area contributed by atoms with Crippen molar-refractivity contribution in [1.29, 1.82) is 0 Å². The molecule has 0 saturated heterocycles. The highest BCUT2D eigenvalue weighted by Gasteiger charge is 2.13. The number of hydrogen-bond donors (Lipinski definition) is 1. The summed E-state index contributed by atoms with van der Waals surface area (Å²) in [4.78, 5) is 13.8. The number of nitrogens with zero attached hydrogens (tertiary/aromatic N) is 1. The van der Waals surface area contributed by atoms with Crippen LogP contribution in [0, 0.1) is 0 Å². The van der Waals surface area contributed by atoms with E-state index in [1.165, 1.54) is 5.56 Å². The molecule has 1 rings (SSSR count). The summed E-state index contributed by atoms with van der Waals surface area (Å²) in [6.07, 6.45) is 1.54. The predicted octanol–water partition coefficient (Wildman–Crippen LogP) is 2.99. The average molecular weight is 262 g/mol. The van der Waals surface area contributed by atoms with E-state index in [9.17, 15) is 4.79 Å². The standard InChI is InChI=1S/C16H26N2O/c1-6-13-7-9-14(10-8-13)18(5)15(19)11-12-17-16(2,3)4/h7-10,17H,6,11-12H2,1-5H3. The van der Waals surface area contributed by atoms with Gasteiger partial charge in [-0.05, 0) is 44.9 Å². The van der Waals surface area contributed by atoms with Crippen molar-refractivity contribution in [3.63, 3.8) is 0 Å². The Morgan fingerprint density at radius 1 is 1.21 bits per heavy atom. The van der Waals surface area contributed by atoms with Crippen LogP contribution in [0.15, 0.2) is 24.3 Å². The zero-order valence-corrected chi connectivity index (χ0v) is 12.8. The Balaban J connectivity index is 2.51. The maximum absolute atomic E-state index is 12.1. The molecular formula is C16H26N2O. The van der Waals surface area contributed by atoms with Gasteiger partial charge in [-0.2, -0.15) is 0 Å². The molecule has 0 heterocycles. The van der Waals surface area contributed by atoms with Crippen LogP contribution in [0.5, 0.6) is 0 Å². The summed E-state index contributed by atoms with van der Waals surface area (Å²) in [5.41, 5.74) is 2.30. The highest BCUT2D eigenvalue weighted by molar-refractivity contribution is 5.92. The summed E-state index contributed by atoms with van der Waals surface area (Å²) in [6.45, 7) is 9.14. The van der Waals surface area contributed by atoms with Gasteiger partial charge < -0.3 is 10.2 Å². The van der Waals surface area contributed by atoms with E-state index >= 15 is 0 Å². The number of hydrogen-bond acceptors (Lipinski definition) is 2. The van der Waals surface area contributed by atoms with Crippen molar-refractivity contribution in [3.8, 4) is 0 Å². The molecule has 19 heavy (non-hydrogen) atoms. The summed E-state index contributed by atoms with van der Waals surface area (Å²) >= 11 is 0. The summed E-state index contributed by atoms with van der Waals surface area (Å²) in [6, 6.07) is 8.17. The Morgan fingerprint density at radius 2 is 1.79 bits per heavy atom. The lowest BCUT2D eigenvalue weighted by molar-refractivity contribution is -0.118. The third-order valence-corrected chi connectivity index (χ3v) is 3.10. The van der Waals surface area contributed by atoms with Crippen LogP contribution in [0.2, 0.25) is 0 Å². The van der Waals surface area contributed by atoms with Crippen LogP contribution < -0.4 is 10.2 Å². The Bertz CT molecular complexity index is 404. The van der Waals surface area contributed by atoms with Crippen molar-refractivity contribution in [2.75, 3.05) is 18.5 Å². The monoisotopic (exact) mass is 262 g/mol. The minimum atomic E-state index is 0.0572. The Morgan fingerprint density at radius 3 is 2.26 bits per heavy atom. The maximum atomic E-state index is 12.1. The van der Waals surface area contributed by atoms with Gasteiger partial charge in [-0.3, -0.25) is 4.79 Å². The van der Waals surface area contributed by atoms with Crippen molar-refractivity contribution < 1.29 is 4.79 Å². The Hall–Kier alpha value is -1.35. The van der Waals surface area contributed by atoms with Crippen molar-refractivity contribution in [3.05, 3.63) is 29.8 Å². The lowest BCUT2D eigenvalue weighted by Gasteiger charge is -2.22. The number of anilines is 1. The predicted molar refractivity (Wildman–Crippen MR) is 81.6 cm³/mol. The molecule has 1 aromatic rings. The Labute approximate surface area is 117 Å². The number of aryl methyl sites for hydroxylation is 1. The van der Waals surface area contributed by atoms with Crippen molar-refractivity contribution in [2.24, 2.45) is 0 Å². The van der Waals surface area contributed by atoms with Gasteiger partial charge in [-0.25, -0.2) is 0 Å². The third-order valence-electron chi connectivity index (χ3n) is 3.10. The lowest BCUT2D eigenvalue weighted by Crippen LogP contribution is -2.38. The fourth-order valence-electron chi connectivity index (χ4n) is 1.81. The summed E-state index contributed by atoms with van der Waals surface area (Å²) in [7, 11) is 1.83. The fraction of sp³-hybridized carbons (Fsp3) is 0.562. The zero-order valence-electron chi connectivity index (χ0n) is 12.8. The fourth-order valence-corrected chi connectivity index (χ4v) is 1.81. The first-order valence-corrected chi connectivity index (χ1v) is 6.94. The van der Waals surface area contributed by atoms with E-state index in [1.807, 2.05) is 19.2 Å². The molecule has 0 aliphatic heterocycles. The molecule has 3 nitrogen and oxygen atoms in total. The van der Waals surface area contributed by atoms with Gasteiger partial charge in [0.25, 0.3) is 0 Å². The molecule has 3 heteroatoms. The molecule has 1 amide bonds. The topological polar surface area (TPSA) is 32.3 Å². The van der Waals surface area contributed by atoms with Gasteiger partial charge in [-0.1, -0.05) is 19.1 Å². The van der Waals surface area contributed by atoms with Gasteiger partial charge in [0.05, 0.1) is 0 Å². The molecule has 1 aromatic carbocycles. The van der Waals surface area contributed by atoms with E-state index in [4.69, 9.17) is 0 Å². The molecule has 0 radical (unpaired) electrons. The first-order valence-electron chi connectivity index (χ1n) is 6.94. The molecule has 0 aromatic heterocycles. The molecule has 0 saturated carbocycles. The van der Waals surface area contributed by atoms with Crippen LogP contribution in [0.3, 0.4) is 0 Å². The second-order valence-corrected chi connectivity index (χ2v) is 5.90. The number of carbonyl (C=O) groups is 1. The van der Waals surface area contributed by atoms with E-state index in [-0.39, 0.29) is 11.4 Å². The zero-order chi connectivity index (χ0) is 14.5. The van der Waals surface area contributed by atoms with Gasteiger partial charge in [-0.15, -0.1) is 0 Å². The quantitative estimate of drug-likeness (QED) is 0.884. The van der Waals surface area contributed by atoms with Crippen LogP contribution in [-0.4, -0.2) is 25.0 Å². The van der Waals surface area contributed by atoms with Crippen LogP contribution >= 0.6 is 0 Å². The number of benzene rings is 1. The minimum Gasteiger partial charge on any atom is -0.315 e. The molecule has 0 spiro atoms. The largest absolute Gasteiger partial charge is 0.315 e. The van der Waals surface area contributed by atoms with E-state index < -0.39 is 0 Å². The van der Waals surface area contributed by atoms with Crippen LogP contribution in [-0.2, 0) is 11.2 Å². The molecule has 0 bridgehead atoms. The highest BCUT2D eigenvalue weighted by atomic mass is 16.2. The third kappa shape index (κ3) is 5.43. The van der Waals surface area contributed by atoms with E-state index in [1.54, 1.807) is 4.90 Å². The van der Waals surface area contributed by atoms with Gasteiger partial charge in [0.2, 0.25) is 5.91 Å². The molecular weight excluding hydrogens is 236 g/mol. The second-order valence-electron chi connectivity index (χ2n) is 5.90. The second kappa shape index (κ2) is 6.71. The number of nitrogens with one attached hydrogen (secondary N) is 1. The smallest absolute Gasteiger partial charge is 0.227 e. The molecule has 1 N–H and O–H groups in total. The molecule has 0 fully saturated rings. The summed E-state index contributed by atoms with van der Waals surface area (Å²) in [5, 5.41) is 3.33. The van der Waals surface area contributed by atoms with E-state index in [0.717, 1.165) is 12.1 Å². The molecule has 0 unspecified atom stereocenters. The summed E-state index contributed by atoms with van der Waals surface area (Å²) < 4.78 is 0. The van der Waals surface area contributed by atoms with Gasteiger partial charge >= 0.3 is 0 Å².